The van der Waals surface area contributed by atoms with E-state index in [9.17, 15) is 9.59 Å². The number of carboxylic acids is 1. The Labute approximate surface area is 195 Å². The standard InChI is InChI=1S/C26H34O7/c1-18(2)13-14-20-25(3,33-20)24-23(30-4)19(15-16-26(24)17-31-26)32-22(29)12-10-8-6-5-7-9-11-21(27)28/h5-13,19-20,23-24H,14-17H2,1-4H3,(H,27,28)/b7-5+,8-6+,11-9+,12-10+/t19-,20-,23-,24+,25+,26-/m1/s1. The molecule has 2 aliphatic heterocycles. The molecular formula is C26H34O7. The average molecular weight is 459 g/mol. The van der Waals surface area contributed by atoms with E-state index in [1.807, 2.05) is 0 Å². The summed E-state index contributed by atoms with van der Waals surface area (Å²) in [7, 11) is 1.65. The first-order chi connectivity index (χ1) is 15.7. The van der Waals surface area contributed by atoms with E-state index in [-0.39, 0.29) is 35.4 Å². The molecule has 2 saturated heterocycles. The predicted octanol–water partition coefficient (Wildman–Crippen LogP) is 3.92. The number of carbonyl (C=O) groups excluding carboxylic acids is 1. The summed E-state index contributed by atoms with van der Waals surface area (Å²) >= 11 is 0. The Morgan fingerprint density at radius 1 is 1.09 bits per heavy atom. The van der Waals surface area contributed by atoms with Crippen LogP contribution in [0.5, 0.6) is 0 Å². The lowest BCUT2D eigenvalue weighted by atomic mass is 9.68. The third-order valence-electron chi connectivity index (χ3n) is 6.53. The van der Waals surface area contributed by atoms with E-state index in [2.05, 4.69) is 26.8 Å². The van der Waals surface area contributed by atoms with E-state index in [0.29, 0.717) is 13.0 Å². The lowest BCUT2D eigenvalue weighted by molar-refractivity contribution is -0.166. The maximum absolute atomic E-state index is 12.4. The zero-order valence-electron chi connectivity index (χ0n) is 19.7. The molecular weight excluding hydrogens is 424 g/mol. The fourth-order valence-corrected chi connectivity index (χ4v) is 4.79. The van der Waals surface area contributed by atoms with Crippen LogP contribution in [0, 0.1) is 5.92 Å². The number of epoxide rings is 2. The Kier molecular flexibility index (Phi) is 8.10. The minimum Gasteiger partial charge on any atom is -0.478 e. The number of ether oxygens (including phenoxy) is 4. The Balaban J connectivity index is 1.59. The molecule has 1 saturated carbocycles. The summed E-state index contributed by atoms with van der Waals surface area (Å²) in [5.41, 5.74) is 0.642. The molecule has 1 spiro atoms. The van der Waals surface area contributed by atoms with Crippen molar-refractivity contribution in [2.24, 2.45) is 5.92 Å². The van der Waals surface area contributed by atoms with Gasteiger partial charge in [-0.05, 0) is 40.0 Å². The quantitative estimate of drug-likeness (QED) is 0.174. The average Bonchev–Trinajstić information content (AvgIpc) is 3.67. The van der Waals surface area contributed by atoms with Gasteiger partial charge in [0, 0.05) is 19.3 Å². The van der Waals surface area contributed by atoms with Gasteiger partial charge in [0.15, 0.2) is 0 Å². The smallest absolute Gasteiger partial charge is 0.331 e. The van der Waals surface area contributed by atoms with Gasteiger partial charge >= 0.3 is 11.9 Å². The number of aliphatic carboxylic acids is 1. The molecule has 0 amide bonds. The van der Waals surface area contributed by atoms with Crippen LogP contribution in [-0.2, 0) is 28.5 Å². The fraction of sp³-hybridized carbons (Fsp3) is 0.538. The van der Waals surface area contributed by atoms with Gasteiger partial charge < -0.3 is 24.1 Å². The van der Waals surface area contributed by atoms with Gasteiger partial charge in [-0.3, -0.25) is 0 Å². The lowest BCUT2D eigenvalue weighted by Gasteiger charge is -2.42. The molecule has 33 heavy (non-hydrogen) atoms. The first-order valence-electron chi connectivity index (χ1n) is 11.3. The van der Waals surface area contributed by atoms with Crippen LogP contribution in [0.1, 0.15) is 40.0 Å². The SMILES string of the molecule is CO[C@H]1[C@@H]([C@@]2(C)O[C@@H]2CC=C(C)C)[C@@]2(CC[C@H]1OC(=O)/C=C/C=C/C=C/C=C/C(=O)O)CO2. The van der Waals surface area contributed by atoms with Crippen molar-refractivity contribution in [3.63, 3.8) is 0 Å². The number of methoxy groups -OCH3 is 1. The molecule has 0 aromatic rings. The molecule has 6 atom stereocenters. The van der Waals surface area contributed by atoms with Crippen molar-refractivity contribution in [2.75, 3.05) is 13.7 Å². The van der Waals surface area contributed by atoms with Gasteiger partial charge in [-0.1, -0.05) is 48.1 Å². The molecule has 0 aromatic heterocycles. The van der Waals surface area contributed by atoms with Gasteiger partial charge in [0.1, 0.15) is 23.4 Å². The molecule has 0 bridgehead atoms. The lowest BCUT2D eigenvalue weighted by Crippen LogP contribution is -2.55. The zero-order valence-corrected chi connectivity index (χ0v) is 19.7. The van der Waals surface area contributed by atoms with Crippen molar-refractivity contribution >= 4 is 11.9 Å². The third-order valence-corrected chi connectivity index (χ3v) is 6.53. The predicted molar refractivity (Wildman–Crippen MR) is 124 cm³/mol. The molecule has 3 aliphatic rings. The summed E-state index contributed by atoms with van der Waals surface area (Å²) in [6, 6.07) is 0. The van der Waals surface area contributed by atoms with E-state index in [4.69, 9.17) is 24.1 Å². The second kappa shape index (κ2) is 10.6. The van der Waals surface area contributed by atoms with Crippen molar-refractivity contribution in [1.82, 2.24) is 0 Å². The third kappa shape index (κ3) is 6.31. The van der Waals surface area contributed by atoms with Gasteiger partial charge in [-0.15, -0.1) is 0 Å². The van der Waals surface area contributed by atoms with E-state index in [1.165, 1.54) is 17.7 Å². The topological polar surface area (TPSA) is 97.9 Å². The van der Waals surface area contributed by atoms with E-state index in [0.717, 1.165) is 18.9 Å². The molecule has 0 radical (unpaired) electrons. The number of hydrogen-bond donors (Lipinski definition) is 1. The van der Waals surface area contributed by atoms with Gasteiger partial charge in [0.2, 0.25) is 0 Å². The van der Waals surface area contributed by atoms with Crippen LogP contribution >= 0.6 is 0 Å². The number of carboxylic acid groups (broad SMARTS) is 1. The van der Waals surface area contributed by atoms with Crippen molar-refractivity contribution in [2.45, 2.75) is 69.5 Å². The van der Waals surface area contributed by atoms with Crippen LogP contribution in [-0.4, -0.2) is 60.3 Å². The second-order valence-corrected chi connectivity index (χ2v) is 9.18. The van der Waals surface area contributed by atoms with Crippen LogP contribution in [0.15, 0.2) is 60.3 Å². The monoisotopic (exact) mass is 458 g/mol. The fourth-order valence-electron chi connectivity index (χ4n) is 4.79. The molecule has 0 aromatic carbocycles. The first-order valence-corrected chi connectivity index (χ1v) is 11.3. The van der Waals surface area contributed by atoms with Gasteiger partial charge in [-0.2, -0.15) is 0 Å². The summed E-state index contributed by atoms with van der Waals surface area (Å²) in [6.45, 7) is 6.96. The van der Waals surface area contributed by atoms with Crippen LogP contribution in [0.2, 0.25) is 0 Å². The van der Waals surface area contributed by atoms with E-state index >= 15 is 0 Å². The van der Waals surface area contributed by atoms with Gasteiger partial charge in [0.05, 0.1) is 18.6 Å². The van der Waals surface area contributed by atoms with Crippen LogP contribution < -0.4 is 0 Å². The second-order valence-electron chi connectivity index (χ2n) is 9.18. The summed E-state index contributed by atoms with van der Waals surface area (Å²) in [6.07, 6.45) is 16.0. The highest BCUT2D eigenvalue weighted by Crippen LogP contribution is 2.59. The number of hydrogen-bond acceptors (Lipinski definition) is 6. The number of esters is 1. The Morgan fingerprint density at radius 3 is 2.30 bits per heavy atom. The van der Waals surface area contributed by atoms with Crippen molar-refractivity contribution < 1.29 is 33.6 Å². The van der Waals surface area contributed by atoms with Crippen molar-refractivity contribution in [1.29, 1.82) is 0 Å². The molecule has 7 heteroatoms. The largest absolute Gasteiger partial charge is 0.478 e. The first kappa shape index (κ1) is 25.1. The molecule has 1 aliphatic carbocycles. The highest BCUT2D eigenvalue weighted by atomic mass is 16.6. The normalized spacial score (nSPS) is 35.6. The maximum Gasteiger partial charge on any atom is 0.331 e. The molecule has 7 nitrogen and oxygen atoms in total. The zero-order chi connectivity index (χ0) is 24.1. The molecule has 1 N–H and O–H groups in total. The molecule has 3 rings (SSSR count). The molecule has 2 heterocycles. The number of allylic oxidation sites excluding steroid dienone is 7. The molecule has 3 fully saturated rings. The van der Waals surface area contributed by atoms with Crippen LogP contribution in [0.25, 0.3) is 0 Å². The van der Waals surface area contributed by atoms with Crippen LogP contribution in [0.4, 0.5) is 0 Å². The molecule has 180 valence electrons. The van der Waals surface area contributed by atoms with Crippen LogP contribution in [0.3, 0.4) is 0 Å². The number of rotatable bonds is 10. The van der Waals surface area contributed by atoms with Gasteiger partial charge in [-0.25, -0.2) is 9.59 Å². The minimum absolute atomic E-state index is 0.00928. The van der Waals surface area contributed by atoms with Crippen molar-refractivity contribution in [3.05, 3.63) is 60.3 Å². The Morgan fingerprint density at radius 2 is 1.73 bits per heavy atom. The summed E-state index contributed by atoms with van der Waals surface area (Å²) < 4.78 is 23.8. The summed E-state index contributed by atoms with van der Waals surface area (Å²) in [5.74, 6) is -1.45. The Bertz CT molecular complexity index is 873. The number of carbonyl (C=O) groups is 2. The highest BCUT2D eigenvalue weighted by molar-refractivity contribution is 5.82. The highest BCUT2D eigenvalue weighted by Gasteiger charge is 2.72. The van der Waals surface area contributed by atoms with E-state index in [1.54, 1.807) is 37.5 Å². The van der Waals surface area contributed by atoms with E-state index < -0.39 is 11.9 Å². The summed E-state index contributed by atoms with van der Waals surface area (Å²) in [5, 5.41) is 8.51. The minimum atomic E-state index is -1.00. The maximum atomic E-state index is 12.4. The van der Waals surface area contributed by atoms with Gasteiger partial charge in [0.25, 0.3) is 0 Å². The van der Waals surface area contributed by atoms with Crippen molar-refractivity contribution in [3.8, 4) is 0 Å². The Hall–Kier alpha value is -2.48. The molecule has 0 unspecified atom stereocenters. The summed E-state index contributed by atoms with van der Waals surface area (Å²) in [4.78, 5) is 22.8.